The van der Waals surface area contributed by atoms with E-state index >= 15 is 0 Å². The molecule has 2 aliphatic heterocycles. The molecule has 3 aliphatic rings. The highest BCUT2D eigenvalue weighted by molar-refractivity contribution is 7.80. The molecule has 2 aromatic carbocycles. The fourth-order valence-electron chi connectivity index (χ4n) is 5.97. The van der Waals surface area contributed by atoms with Crippen molar-refractivity contribution in [1.29, 1.82) is 0 Å². The second-order valence-electron chi connectivity index (χ2n) is 11.0. The number of thiocarbonyl (C=S) groups is 1. The first-order valence-electron chi connectivity index (χ1n) is 13.4. The second kappa shape index (κ2) is 9.91. The number of piperidine rings is 1. The average molecular weight is 528 g/mol. The van der Waals surface area contributed by atoms with E-state index in [-0.39, 0.29) is 23.4 Å². The summed E-state index contributed by atoms with van der Waals surface area (Å²) in [5, 5.41) is 10.3. The molecule has 1 aromatic heterocycles. The summed E-state index contributed by atoms with van der Waals surface area (Å²) < 4.78 is 1.95. The number of rotatable bonds is 5. The van der Waals surface area contributed by atoms with Crippen molar-refractivity contribution in [3.8, 4) is 0 Å². The average Bonchev–Trinajstić information content (AvgIpc) is 3.68. The summed E-state index contributed by atoms with van der Waals surface area (Å²) in [6.07, 6.45) is 3.16. The molecule has 3 aromatic rings. The number of hydrogen-bond donors (Lipinski definition) is 3. The Kier molecular flexibility index (Phi) is 6.43. The number of anilines is 3. The van der Waals surface area contributed by atoms with Crippen molar-refractivity contribution in [3.63, 3.8) is 0 Å². The van der Waals surface area contributed by atoms with Crippen molar-refractivity contribution in [1.82, 2.24) is 9.88 Å². The summed E-state index contributed by atoms with van der Waals surface area (Å²) in [4.78, 5) is 27.7. The third kappa shape index (κ3) is 5.18. The van der Waals surface area contributed by atoms with Gasteiger partial charge in [0.05, 0.1) is 11.4 Å². The maximum Gasteiger partial charge on any atom is 0.251 e. The van der Waals surface area contributed by atoms with Gasteiger partial charge in [-0.1, -0.05) is 12.1 Å². The lowest BCUT2D eigenvalue weighted by molar-refractivity contribution is 0.0951. The standard InChI is InChI=1S/C30H33N5O2S/c1-18-10-19(2)12-24(11-18)32-30(38)33-25-14-21(29(37)31-23-7-8-23)6-9-27(25)34-15-20-13-22(17-34)26-4-3-5-28(36)35(26)16-20/h3-6,9-12,14,20,22-23H,7-8,13,15-17H2,1-2H3,(H,31,37)(H2,32,33,38)/t20-,22+/m1/s1. The molecule has 0 radical (unpaired) electrons. The summed E-state index contributed by atoms with van der Waals surface area (Å²) in [6.45, 7) is 6.51. The van der Waals surface area contributed by atoms with Crippen molar-refractivity contribution in [3.05, 3.63) is 87.3 Å². The van der Waals surface area contributed by atoms with E-state index in [0.29, 0.717) is 16.6 Å². The Labute approximate surface area is 228 Å². The number of nitrogens with one attached hydrogen (secondary N) is 3. The van der Waals surface area contributed by atoms with Crippen molar-refractivity contribution >= 4 is 40.3 Å². The highest BCUT2D eigenvalue weighted by Crippen LogP contribution is 2.39. The molecule has 7 nitrogen and oxygen atoms in total. The van der Waals surface area contributed by atoms with Gasteiger partial charge in [-0.3, -0.25) is 9.59 Å². The zero-order valence-electron chi connectivity index (χ0n) is 21.8. The van der Waals surface area contributed by atoms with Crippen LogP contribution in [0.25, 0.3) is 0 Å². The van der Waals surface area contributed by atoms with Crippen LogP contribution in [0.2, 0.25) is 0 Å². The monoisotopic (exact) mass is 527 g/mol. The highest BCUT2D eigenvalue weighted by atomic mass is 32.1. The number of amides is 1. The molecule has 0 unspecified atom stereocenters. The molecule has 3 heterocycles. The third-order valence-electron chi connectivity index (χ3n) is 7.72. The molecule has 1 saturated carbocycles. The summed E-state index contributed by atoms with van der Waals surface area (Å²) in [6, 6.07) is 18.0. The molecule has 38 heavy (non-hydrogen) atoms. The molecule has 2 bridgehead atoms. The number of aromatic nitrogens is 1. The zero-order chi connectivity index (χ0) is 26.4. The van der Waals surface area contributed by atoms with Crippen LogP contribution in [0, 0.1) is 19.8 Å². The van der Waals surface area contributed by atoms with E-state index in [1.54, 1.807) is 6.07 Å². The Morgan fingerprint density at radius 3 is 2.50 bits per heavy atom. The molecule has 196 valence electrons. The van der Waals surface area contributed by atoms with Crippen LogP contribution < -0.4 is 26.4 Å². The van der Waals surface area contributed by atoms with E-state index in [0.717, 1.165) is 72.8 Å². The van der Waals surface area contributed by atoms with Gasteiger partial charge in [0, 0.05) is 54.6 Å². The Morgan fingerprint density at radius 2 is 1.74 bits per heavy atom. The van der Waals surface area contributed by atoms with Gasteiger partial charge in [0.15, 0.2) is 5.11 Å². The lowest BCUT2D eigenvalue weighted by Crippen LogP contribution is -2.47. The Hall–Kier alpha value is -3.65. The number of hydrogen-bond acceptors (Lipinski definition) is 4. The molecule has 2 atom stereocenters. The largest absolute Gasteiger partial charge is 0.369 e. The van der Waals surface area contributed by atoms with Crippen LogP contribution in [-0.4, -0.2) is 34.7 Å². The number of pyridine rings is 1. The van der Waals surface area contributed by atoms with Crippen LogP contribution in [-0.2, 0) is 6.54 Å². The number of carbonyl (C=O) groups is 1. The lowest BCUT2D eigenvalue weighted by Gasteiger charge is -2.44. The summed E-state index contributed by atoms with van der Waals surface area (Å²) in [5.41, 5.74) is 6.88. The topological polar surface area (TPSA) is 78.4 Å². The van der Waals surface area contributed by atoms with Gasteiger partial charge in [-0.05, 0) is 98.8 Å². The summed E-state index contributed by atoms with van der Waals surface area (Å²) >= 11 is 5.72. The number of carbonyl (C=O) groups excluding carboxylic acids is 1. The van der Waals surface area contributed by atoms with Crippen LogP contribution in [0.15, 0.2) is 59.4 Å². The van der Waals surface area contributed by atoms with Gasteiger partial charge in [0.25, 0.3) is 11.5 Å². The highest BCUT2D eigenvalue weighted by Gasteiger charge is 2.35. The minimum absolute atomic E-state index is 0.0564. The Morgan fingerprint density at radius 1 is 0.947 bits per heavy atom. The normalized spacial score (nSPS) is 19.9. The van der Waals surface area contributed by atoms with E-state index in [1.165, 1.54) is 0 Å². The van der Waals surface area contributed by atoms with Gasteiger partial charge in [-0.25, -0.2) is 0 Å². The first kappa shape index (κ1) is 24.7. The maximum atomic E-state index is 12.9. The van der Waals surface area contributed by atoms with Gasteiger partial charge in [-0.2, -0.15) is 0 Å². The number of aryl methyl sites for hydroxylation is 2. The molecule has 3 N–H and O–H groups in total. The predicted molar refractivity (Wildman–Crippen MR) is 156 cm³/mol. The first-order chi connectivity index (χ1) is 18.3. The molecule has 1 saturated heterocycles. The van der Waals surface area contributed by atoms with Crippen molar-refractivity contribution in [2.45, 2.75) is 51.6 Å². The number of benzene rings is 2. The van der Waals surface area contributed by atoms with Crippen molar-refractivity contribution < 1.29 is 4.79 Å². The van der Waals surface area contributed by atoms with Crippen LogP contribution in [0.4, 0.5) is 17.1 Å². The van der Waals surface area contributed by atoms with Gasteiger partial charge < -0.3 is 25.4 Å². The fraction of sp³-hybridized carbons (Fsp3) is 0.367. The van der Waals surface area contributed by atoms with Crippen molar-refractivity contribution in [2.24, 2.45) is 5.92 Å². The molecular formula is C30H33N5O2S. The maximum absolute atomic E-state index is 12.9. The van der Waals surface area contributed by atoms with Crippen LogP contribution in [0.3, 0.4) is 0 Å². The smallest absolute Gasteiger partial charge is 0.251 e. The van der Waals surface area contributed by atoms with E-state index < -0.39 is 0 Å². The van der Waals surface area contributed by atoms with Crippen LogP contribution >= 0.6 is 12.2 Å². The molecule has 1 aliphatic carbocycles. The SMILES string of the molecule is Cc1cc(C)cc(NC(=S)Nc2cc(C(=O)NC3CC3)ccc2N2C[C@H]3C[C@@H](C2)c2cccc(=O)n2C3)c1. The van der Waals surface area contributed by atoms with Crippen molar-refractivity contribution in [2.75, 3.05) is 28.6 Å². The van der Waals surface area contributed by atoms with Gasteiger partial charge in [0.2, 0.25) is 0 Å². The zero-order valence-corrected chi connectivity index (χ0v) is 22.6. The second-order valence-corrected chi connectivity index (χ2v) is 11.4. The molecule has 2 fully saturated rings. The van der Waals surface area contributed by atoms with Gasteiger partial charge >= 0.3 is 0 Å². The number of nitrogens with zero attached hydrogens (tertiary/aromatic N) is 2. The molecule has 8 heteroatoms. The van der Waals surface area contributed by atoms with Gasteiger partial charge in [-0.15, -0.1) is 0 Å². The van der Waals surface area contributed by atoms with E-state index in [1.807, 2.05) is 28.8 Å². The first-order valence-corrected chi connectivity index (χ1v) is 13.8. The lowest BCUT2D eigenvalue weighted by atomic mass is 9.83. The molecule has 1 amide bonds. The molecule has 0 spiro atoms. The Bertz CT molecular complexity index is 1460. The minimum atomic E-state index is -0.0564. The third-order valence-corrected chi connectivity index (χ3v) is 7.92. The summed E-state index contributed by atoms with van der Waals surface area (Å²) in [5.74, 6) is 0.605. The summed E-state index contributed by atoms with van der Waals surface area (Å²) in [7, 11) is 0. The van der Waals surface area contributed by atoms with E-state index in [4.69, 9.17) is 12.2 Å². The molecular weight excluding hydrogens is 494 g/mol. The van der Waals surface area contributed by atoms with Crippen LogP contribution in [0.1, 0.15) is 52.4 Å². The van der Waals surface area contributed by atoms with Crippen LogP contribution in [0.5, 0.6) is 0 Å². The Balaban J connectivity index is 1.29. The number of fused-ring (bicyclic) bond motifs is 4. The molecule has 6 rings (SSSR count). The fourth-order valence-corrected chi connectivity index (χ4v) is 6.20. The van der Waals surface area contributed by atoms with E-state index in [9.17, 15) is 9.59 Å². The van der Waals surface area contributed by atoms with E-state index in [2.05, 4.69) is 59.0 Å². The predicted octanol–water partition coefficient (Wildman–Crippen LogP) is 4.79. The van der Waals surface area contributed by atoms with Gasteiger partial charge in [0.1, 0.15) is 0 Å². The quantitative estimate of drug-likeness (QED) is 0.414. The minimum Gasteiger partial charge on any atom is -0.369 e.